The predicted molar refractivity (Wildman–Crippen MR) is 90.0 cm³/mol. The van der Waals surface area contributed by atoms with Gasteiger partial charge in [-0.25, -0.2) is 9.97 Å². The number of nitrogens with zero attached hydrogens (tertiary/aromatic N) is 3. The highest BCUT2D eigenvalue weighted by Crippen LogP contribution is 2.16. The summed E-state index contributed by atoms with van der Waals surface area (Å²) in [5.41, 5.74) is 1.25. The zero-order valence-corrected chi connectivity index (χ0v) is 13.5. The van der Waals surface area contributed by atoms with Gasteiger partial charge >= 0.3 is 0 Å². The maximum Gasteiger partial charge on any atom is 0.260 e. The van der Waals surface area contributed by atoms with Crippen LogP contribution in [-0.4, -0.2) is 21.0 Å². The third kappa shape index (κ3) is 3.88. The Hall–Kier alpha value is -2.93. The molecule has 0 spiro atoms. The largest absolute Gasteiger partial charge is 0.360 e. The van der Waals surface area contributed by atoms with E-state index in [1.165, 1.54) is 12.4 Å². The standard InChI is InChI=1S/C16H14ClN5O2/c1-10-6-14(22-24-10)21-15(23)12-8-19-16(20-9-12)18-7-11-4-2-3-5-13(11)17/h2-6,8-9H,7H2,1H3,(H,18,19,20)(H,21,22,23). The van der Waals surface area contributed by atoms with Crippen LogP contribution in [0.15, 0.2) is 47.2 Å². The van der Waals surface area contributed by atoms with Crippen molar-refractivity contribution in [2.45, 2.75) is 13.5 Å². The highest BCUT2D eigenvalue weighted by atomic mass is 35.5. The van der Waals surface area contributed by atoms with Crippen molar-refractivity contribution in [1.82, 2.24) is 15.1 Å². The van der Waals surface area contributed by atoms with Crippen molar-refractivity contribution < 1.29 is 9.32 Å². The molecule has 122 valence electrons. The van der Waals surface area contributed by atoms with Gasteiger partial charge in [0.2, 0.25) is 5.95 Å². The maximum absolute atomic E-state index is 12.0. The fourth-order valence-corrected chi connectivity index (χ4v) is 2.17. The van der Waals surface area contributed by atoms with E-state index in [-0.39, 0.29) is 5.91 Å². The lowest BCUT2D eigenvalue weighted by molar-refractivity contribution is 0.102. The van der Waals surface area contributed by atoms with Gasteiger partial charge in [0.25, 0.3) is 5.91 Å². The van der Waals surface area contributed by atoms with Crippen LogP contribution < -0.4 is 10.6 Å². The zero-order chi connectivity index (χ0) is 16.9. The summed E-state index contributed by atoms with van der Waals surface area (Å²) in [7, 11) is 0. The topological polar surface area (TPSA) is 92.9 Å². The summed E-state index contributed by atoms with van der Waals surface area (Å²) in [5.74, 6) is 1.00. The average molecular weight is 344 g/mol. The third-order valence-corrected chi connectivity index (χ3v) is 3.55. The van der Waals surface area contributed by atoms with Crippen molar-refractivity contribution >= 4 is 29.3 Å². The molecule has 3 rings (SSSR count). The molecular weight excluding hydrogens is 330 g/mol. The van der Waals surface area contributed by atoms with E-state index >= 15 is 0 Å². The smallest absolute Gasteiger partial charge is 0.260 e. The van der Waals surface area contributed by atoms with Crippen LogP contribution >= 0.6 is 11.6 Å². The minimum absolute atomic E-state index is 0.318. The quantitative estimate of drug-likeness (QED) is 0.738. The van der Waals surface area contributed by atoms with E-state index in [4.69, 9.17) is 16.1 Å². The SMILES string of the molecule is Cc1cc(NC(=O)c2cnc(NCc3ccccc3Cl)nc2)no1. The number of benzene rings is 1. The summed E-state index contributed by atoms with van der Waals surface area (Å²) in [5, 5.41) is 10.0. The van der Waals surface area contributed by atoms with Gasteiger partial charge in [-0.3, -0.25) is 4.79 Å². The number of nitrogens with one attached hydrogen (secondary N) is 2. The monoisotopic (exact) mass is 343 g/mol. The first kappa shape index (κ1) is 15.9. The summed E-state index contributed by atoms with van der Waals surface area (Å²) < 4.78 is 4.89. The van der Waals surface area contributed by atoms with Crippen LogP contribution in [0.3, 0.4) is 0 Å². The summed E-state index contributed by atoms with van der Waals surface area (Å²) in [6.07, 6.45) is 2.87. The van der Waals surface area contributed by atoms with E-state index < -0.39 is 0 Å². The molecule has 0 unspecified atom stereocenters. The summed E-state index contributed by atoms with van der Waals surface area (Å²) in [6, 6.07) is 9.13. The van der Waals surface area contributed by atoms with E-state index in [0.29, 0.717) is 34.7 Å². The van der Waals surface area contributed by atoms with E-state index in [2.05, 4.69) is 25.8 Å². The lowest BCUT2D eigenvalue weighted by Crippen LogP contribution is -2.13. The maximum atomic E-state index is 12.0. The lowest BCUT2D eigenvalue weighted by Gasteiger charge is -2.07. The Kier molecular flexibility index (Phi) is 4.72. The van der Waals surface area contributed by atoms with Crippen LogP contribution in [0.2, 0.25) is 5.02 Å². The van der Waals surface area contributed by atoms with Crippen molar-refractivity contribution in [2.75, 3.05) is 10.6 Å². The molecule has 3 aromatic rings. The minimum atomic E-state index is -0.360. The van der Waals surface area contributed by atoms with Gasteiger partial charge < -0.3 is 15.2 Å². The first-order valence-electron chi connectivity index (χ1n) is 7.16. The van der Waals surface area contributed by atoms with Crippen molar-refractivity contribution in [2.24, 2.45) is 0 Å². The molecule has 1 aromatic carbocycles. The fourth-order valence-electron chi connectivity index (χ4n) is 1.97. The Morgan fingerprint density at radius 1 is 1.25 bits per heavy atom. The van der Waals surface area contributed by atoms with Gasteiger partial charge in [0.1, 0.15) is 5.76 Å². The van der Waals surface area contributed by atoms with Crippen LogP contribution in [0.1, 0.15) is 21.7 Å². The summed E-state index contributed by atoms with van der Waals surface area (Å²) >= 11 is 6.09. The van der Waals surface area contributed by atoms with Crippen LogP contribution in [0, 0.1) is 6.92 Å². The van der Waals surface area contributed by atoms with Gasteiger partial charge in [-0.15, -0.1) is 0 Å². The number of rotatable bonds is 5. The molecule has 0 aliphatic heterocycles. The highest BCUT2D eigenvalue weighted by Gasteiger charge is 2.10. The number of aromatic nitrogens is 3. The zero-order valence-electron chi connectivity index (χ0n) is 12.8. The average Bonchev–Trinajstić information content (AvgIpc) is 2.99. The van der Waals surface area contributed by atoms with Crippen LogP contribution in [-0.2, 0) is 6.54 Å². The van der Waals surface area contributed by atoms with Crippen LogP contribution in [0.4, 0.5) is 11.8 Å². The Labute approximate surface area is 143 Å². The summed E-state index contributed by atoms with van der Waals surface area (Å²) in [6.45, 7) is 2.23. The Morgan fingerprint density at radius 3 is 2.67 bits per heavy atom. The molecule has 0 aliphatic rings. The Morgan fingerprint density at radius 2 is 2.00 bits per heavy atom. The number of amides is 1. The van der Waals surface area contributed by atoms with Gasteiger partial charge in [0.15, 0.2) is 5.82 Å². The number of aryl methyl sites for hydroxylation is 1. The van der Waals surface area contributed by atoms with Crippen LogP contribution in [0.25, 0.3) is 0 Å². The van der Waals surface area contributed by atoms with Crippen LogP contribution in [0.5, 0.6) is 0 Å². The van der Waals surface area contributed by atoms with Gasteiger partial charge in [-0.05, 0) is 18.6 Å². The predicted octanol–water partition coefficient (Wildman–Crippen LogP) is 3.29. The second-order valence-electron chi connectivity index (χ2n) is 5.02. The second-order valence-corrected chi connectivity index (χ2v) is 5.42. The molecule has 0 bridgehead atoms. The van der Waals surface area contributed by atoms with E-state index in [9.17, 15) is 4.79 Å². The molecule has 7 nitrogen and oxygen atoms in total. The minimum Gasteiger partial charge on any atom is -0.360 e. The number of carbonyl (C=O) groups is 1. The first-order valence-corrected chi connectivity index (χ1v) is 7.53. The van der Waals surface area contributed by atoms with Gasteiger partial charge in [-0.2, -0.15) is 0 Å². The van der Waals surface area contributed by atoms with Gasteiger partial charge in [0.05, 0.1) is 5.56 Å². The van der Waals surface area contributed by atoms with Gasteiger partial charge in [-0.1, -0.05) is 35.0 Å². The molecule has 0 fully saturated rings. The molecule has 2 heterocycles. The molecule has 2 N–H and O–H groups in total. The molecule has 0 saturated carbocycles. The molecular formula is C16H14ClN5O2. The van der Waals surface area contributed by atoms with E-state index in [0.717, 1.165) is 5.56 Å². The van der Waals surface area contributed by atoms with E-state index in [1.54, 1.807) is 13.0 Å². The van der Waals surface area contributed by atoms with Crippen molar-refractivity contribution in [3.8, 4) is 0 Å². The lowest BCUT2D eigenvalue weighted by atomic mass is 10.2. The first-order chi connectivity index (χ1) is 11.6. The number of hydrogen-bond acceptors (Lipinski definition) is 6. The molecule has 0 saturated heterocycles. The Bertz CT molecular complexity index is 848. The van der Waals surface area contributed by atoms with Crippen molar-refractivity contribution in [3.05, 3.63) is 64.6 Å². The highest BCUT2D eigenvalue weighted by molar-refractivity contribution is 6.31. The fraction of sp³-hybridized carbons (Fsp3) is 0.125. The van der Waals surface area contributed by atoms with Crippen molar-refractivity contribution in [1.29, 1.82) is 0 Å². The van der Waals surface area contributed by atoms with Crippen molar-refractivity contribution in [3.63, 3.8) is 0 Å². The molecule has 24 heavy (non-hydrogen) atoms. The summed E-state index contributed by atoms with van der Waals surface area (Å²) in [4.78, 5) is 20.3. The second kappa shape index (κ2) is 7.10. The number of hydrogen-bond donors (Lipinski definition) is 2. The Balaban J connectivity index is 1.60. The molecule has 0 radical (unpaired) electrons. The number of halogens is 1. The normalized spacial score (nSPS) is 10.4. The number of anilines is 2. The molecule has 8 heteroatoms. The third-order valence-electron chi connectivity index (χ3n) is 3.18. The molecule has 0 atom stereocenters. The molecule has 0 aliphatic carbocycles. The molecule has 2 aromatic heterocycles. The van der Waals surface area contributed by atoms with E-state index in [1.807, 2.05) is 24.3 Å². The van der Waals surface area contributed by atoms with Gasteiger partial charge in [0, 0.05) is 30.0 Å². The molecule has 1 amide bonds. The number of carbonyl (C=O) groups excluding carboxylic acids is 1.